The van der Waals surface area contributed by atoms with E-state index in [1.165, 1.54) is 12.1 Å². The fourth-order valence-corrected chi connectivity index (χ4v) is 1.44. The Bertz CT molecular complexity index is 388. The molecule has 1 aromatic carbocycles. The molecule has 1 aliphatic rings. The highest BCUT2D eigenvalue weighted by Gasteiger charge is 2.25. The predicted octanol–water partition coefficient (Wildman–Crippen LogP) is 1.29. The van der Waals surface area contributed by atoms with Gasteiger partial charge in [0.1, 0.15) is 5.82 Å². The Morgan fingerprint density at radius 3 is 2.87 bits per heavy atom. The second-order valence-electron chi connectivity index (χ2n) is 3.80. The molecule has 0 radical (unpaired) electrons. The van der Waals surface area contributed by atoms with Gasteiger partial charge < -0.3 is 10.6 Å². The van der Waals surface area contributed by atoms with E-state index in [-0.39, 0.29) is 17.6 Å². The van der Waals surface area contributed by atoms with E-state index in [9.17, 15) is 9.18 Å². The van der Waals surface area contributed by atoms with Crippen LogP contribution in [-0.4, -0.2) is 19.0 Å². The number of nitrogens with one attached hydrogen (secondary N) is 2. The molecule has 1 heterocycles. The maximum Gasteiger partial charge on any atom is 0.230 e. The molecule has 0 bridgehead atoms. The number of aryl methyl sites for hydroxylation is 1. The first-order valence-electron chi connectivity index (χ1n) is 4.94. The van der Waals surface area contributed by atoms with Gasteiger partial charge >= 0.3 is 0 Å². The fraction of sp³-hybridized carbons (Fsp3) is 0.364. The second kappa shape index (κ2) is 3.98. The molecule has 80 valence electrons. The fourth-order valence-electron chi connectivity index (χ4n) is 1.44. The molecule has 1 amide bonds. The van der Waals surface area contributed by atoms with Crippen molar-refractivity contribution in [1.29, 1.82) is 0 Å². The molecule has 2 N–H and O–H groups in total. The first-order chi connectivity index (χ1) is 7.16. The maximum absolute atomic E-state index is 12.9. The van der Waals surface area contributed by atoms with Gasteiger partial charge in [0.25, 0.3) is 0 Å². The average molecular weight is 208 g/mol. The van der Waals surface area contributed by atoms with E-state index in [1.807, 2.05) is 6.92 Å². The minimum atomic E-state index is -0.331. The van der Waals surface area contributed by atoms with Crippen molar-refractivity contribution in [3.63, 3.8) is 0 Å². The Morgan fingerprint density at radius 1 is 1.53 bits per heavy atom. The minimum Gasteiger partial charge on any atom is -0.325 e. The van der Waals surface area contributed by atoms with E-state index < -0.39 is 0 Å². The van der Waals surface area contributed by atoms with Crippen LogP contribution in [0.15, 0.2) is 18.2 Å². The molecule has 2 rings (SSSR count). The molecule has 0 saturated carbocycles. The monoisotopic (exact) mass is 208 g/mol. The van der Waals surface area contributed by atoms with Crippen LogP contribution in [0.5, 0.6) is 0 Å². The predicted molar refractivity (Wildman–Crippen MR) is 56.1 cm³/mol. The number of anilines is 1. The van der Waals surface area contributed by atoms with Gasteiger partial charge in [-0.3, -0.25) is 4.79 Å². The van der Waals surface area contributed by atoms with Crippen LogP contribution >= 0.6 is 0 Å². The van der Waals surface area contributed by atoms with Crippen LogP contribution in [0.25, 0.3) is 0 Å². The topological polar surface area (TPSA) is 41.1 Å². The van der Waals surface area contributed by atoms with Crippen molar-refractivity contribution in [3.8, 4) is 0 Å². The molecule has 0 unspecified atom stereocenters. The van der Waals surface area contributed by atoms with Gasteiger partial charge in [-0.05, 0) is 24.6 Å². The van der Waals surface area contributed by atoms with E-state index in [2.05, 4.69) is 10.6 Å². The summed E-state index contributed by atoms with van der Waals surface area (Å²) in [7, 11) is 0. The van der Waals surface area contributed by atoms with Crippen molar-refractivity contribution >= 4 is 11.6 Å². The first-order valence-corrected chi connectivity index (χ1v) is 4.94. The number of hydrogen-bond acceptors (Lipinski definition) is 2. The highest BCUT2D eigenvalue weighted by atomic mass is 19.1. The lowest BCUT2D eigenvalue weighted by molar-refractivity contribution is -0.121. The third-order valence-corrected chi connectivity index (χ3v) is 2.61. The average Bonchev–Trinajstić information content (AvgIpc) is 2.08. The Kier molecular flexibility index (Phi) is 2.68. The molecule has 0 spiro atoms. The number of hydrogen-bond donors (Lipinski definition) is 2. The summed E-state index contributed by atoms with van der Waals surface area (Å²) in [5.41, 5.74) is 1.43. The zero-order valence-electron chi connectivity index (χ0n) is 8.51. The summed E-state index contributed by atoms with van der Waals surface area (Å²) < 4.78 is 12.9. The highest BCUT2D eigenvalue weighted by Crippen LogP contribution is 2.17. The Balaban J connectivity index is 2.09. The van der Waals surface area contributed by atoms with Crippen LogP contribution in [0.1, 0.15) is 5.56 Å². The normalized spacial score (nSPS) is 15.9. The Hall–Kier alpha value is -1.42. The largest absolute Gasteiger partial charge is 0.325 e. The molecular formula is C11H13FN2O. The summed E-state index contributed by atoms with van der Waals surface area (Å²) in [4.78, 5) is 11.6. The summed E-state index contributed by atoms with van der Waals surface area (Å²) in [6, 6.07) is 4.39. The minimum absolute atomic E-state index is 0.0210. The van der Waals surface area contributed by atoms with Crippen molar-refractivity contribution in [3.05, 3.63) is 29.6 Å². The second-order valence-corrected chi connectivity index (χ2v) is 3.80. The number of carbonyl (C=O) groups is 1. The smallest absolute Gasteiger partial charge is 0.230 e. The molecule has 1 fully saturated rings. The van der Waals surface area contributed by atoms with Gasteiger partial charge in [0.15, 0.2) is 0 Å². The van der Waals surface area contributed by atoms with E-state index in [0.717, 1.165) is 5.56 Å². The number of rotatable bonds is 2. The van der Waals surface area contributed by atoms with Gasteiger partial charge in [-0.15, -0.1) is 0 Å². The lowest BCUT2D eigenvalue weighted by Gasteiger charge is -2.26. The van der Waals surface area contributed by atoms with Gasteiger partial charge in [-0.25, -0.2) is 4.39 Å². The van der Waals surface area contributed by atoms with Crippen LogP contribution in [0.3, 0.4) is 0 Å². The van der Waals surface area contributed by atoms with Crippen LogP contribution in [0, 0.1) is 18.7 Å². The number of halogens is 1. The summed E-state index contributed by atoms with van der Waals surface area (Å²) >= 11 is 0. The SMILES string of the molecule is Cc1ccc(F)cc1NC(=O)C1CNC1. The molecule has 3 nitrogen and oxygen atoms in total. The van der Waals surface area contributed by atoms with Crippen molar-refractivity contribution in [2.75, 3.05) is 18.4 Å². The molecule has 1 aromatic rings. The molecule has 0 atom stereocenters. The van der Waals surface area contributed by atoms with Gasteiger partial charge in [0.05, 0.1) is 5.92 Å². The van der Waals surface area contributed by atoms with Crippen molar-refractivity contribution in [2.45, 2.75) is 6.92 Å². The van der Waals surface area contributed by atoms with Gasteiger partial charge in [0.2, 0.25) is 5.91 Å². The molecule has 0 aromatic heterocycles. The number of amides is 1. The van der Waals surface area contributed by atoms with Gasteiger partial charge in [-0.1, -0.05) is 6.07 Å². The quantitative estimate of drug-likeness (QED) is 0.769. The Labute approximate surface area is 87.7 Å². The van der Waals surface area contributed by atoms with Crippen molar-refractivity contribution in [1.82, 2.24) is 5.32 Å². The molecule has 0 aliphatic carbocycles. The number of carbonyl (C=O) groups excluding carboxylic acids is 1. The number of benzene rings is 1. The molecular weight excluding hydrogens is 195 g/mol. The van der Waals surface area contributed by atoms with Crippen molar-refractivity contribution < 1.29 is 9.18 Å². The molecule has 1 aliphatic heterocycles. The third kappa shape index (κ3) is 2.15. The molecule has 15 heavy (non-hydrogen) atoms. The summed E-state index contributed by atoms with van der Waals surface area (Å²) in [6.07, 6.45) is 0. The van der Waals surface area contributed by atoms with E-state index in [4.69, 9.17) is 0 Å². The van der Waals surface area contributed by atoms with Crippen LogP contribution in [0.2, 0.25) is 0 Å². The molecule has 1 saturated heterocycles. The summed E-state index contributed by atoms with van der Waals surface area (Å²) in [5, 5.41) is 5.75. The van der Waals surface area contributed by atoms with E-state index in [0.29, 0.717) is 18.8 Å². The van der Waals surface area contributed by atoms with E-state index >= 15 is 0 Å². The highest BCUT2D eigenvalue weighted by molar-refractivity contribution is 5.94. The lowest BCUT2D eigenvalue weighted by Crippen LogP contribution is -2.48. The third-order valence-electron chi connectivity index (χ3n) is 2.61. The van der Waals surface area contributed by atoms with Crippen LogP contribution in [-0.2, 0) is 4.79 Å². The summed E-state index contributed by atoms with van der Waals surface area (Å²) in [5.74, 6) is -0.349. The van der Waals surface area contributed by atoms with Gasteiger partial charge in [-0.2, -0.15) is 0 Å². The first kappa shape index (κ1) is 10.1. The lowest BCUT2D eigenvalue weighted by atomic mass is 10.0. The zero-order valence-corrected chi connectivity index (χ0v) is 8.51. The van der Waals surface area contributed by atoms with Gasteiger partial charge in [0, 0.05) is 18.8 Å². The van der Waals surface area contributed by atoms with E-state index in [1.54, 1.807) is 6.07 Å². The van der Waals surface area contributed by atoms with Crippen LogP contribution in [0.4, 0.5) is 10.1 Å². The summed E-state index contributed by atoms with van der Waals surface area (Å²) in [6.45, 7) is 3.26. The maximum atomic E-state index is 12.9. The molecule has 4 heteroatoms. The van der Waals surface area contributed by atoms with Crippen LogP contribution < -0.4 is 10.6 Å². The standard InChI is InChI=1S/C11H13FN2O/c1-7-2-3-9(12)4-10(7)14-11(15)8-5-13-6-8/h2-4,8,13H,5-6H2,1H3,(H,14,15). The van der Waals surface area contributed by atoms with Crippen molar-refractivity contribution in [2.24, 2.45) is 5.92 Å². The Morgan fingerprint density at radius 2 is 2.27 bits per heavy atom. The zero-order chi connectivity index (χ0) is 10.8.